The smallest absolute Gasteiger partial charge is 0.325 e. The van der Waals surface area contributed by atoms with Crippen molar-refractivity contribution in [3.8, 4) is 0 Å². The van der Waals surface area contributed by atoms with E-state index < -0.39 is 12.5 Å². The first-order valence-electron chi connectivity index (χ1n) is 7.89. The largest absolute Gasteiger partial charge is 0.480 e. The number of benzene rings is 2. The minimum absolute atomic E-state index is 0.388. The number of fused-ring (bicyclic) bond motifs is 2. The van der Waals surface area contributed by atoms with Crippen molar-refractivity contribution in [3.63, 3.8) is 0 Å². The van der Waals surface area contributed by atoms with E-state index in [9.17, 15) is 9.59 Å². The van der Waals surface area contributed by atoms with Crippen molar-refractivity contribution < 1.29 is 9.90 Å². The van der Waals surface area contributed by atoms with E-state index in [0.29, 0.717) is 17.5 Å². The molecule has 6 heteroatoms. The van der Waals surface area contributed by atoms with Gasteiger partial charge in [-0.15, -0.1) is 0 Å². The highest BCUT2D eigenvalue weighted by Crippen LogP contribution is 2.23. The standard InChI is InChI=1S/C19H15N3O3/c23-18(24)11-22-19(25)15-7-2-1-6-14(15)17(21-22)9-12-10-20-16-8-4-3-5-13(12)16/h1-8,10,20H,9,11H2,(H,23,24). The Hall–Kier alpha value is -3.41. The Balaban J connectivity index is 1.90. The minimum Gasteiger partial charge on any atom is -0.480 e. The molecule has 25 heavy (non-hydrogen) atoms. The van der Waals surface area contributed by atoms with Gasteiger partial charge in [0.25, 0.3) is 5.56 Å². The van der Waals surface area contributed by atoms with Gasteiger partial charge in [-0.05, 0) is 17.7 Å². The number of aromatic nitrogens is 3. The van der Waals surface area contributed by atoms with Gasteiger partial charge in [-0.25, -0.2) is 4.68 Å². The van der Waals surface area contributed by atoms with Gasteiger partial charge in [0.05, 0.1) is 11.1 Å². The van der Waals surface area contributed by atoms with Gasteiger partial charge < -0.3 is 10.1 Å². The van der Waals surface area contributed by atoms with Crippen molar-refractivity contribution in [2.45, 2.75) is 13.0 Å². The second kappa shape index (κ2) is 5.90. The lowest BCUT2D eigenvalue weighted by molar-refractivity contribution is -0.138. The molecule has 6 nitrogen and oxygen atoms in total. The Kier molecular flexibility index (Phi) is 3.57. The van der Waals surface area contributed by atoms with Gasteiger partial charge in [-0.2, -0.15) is 5.10 Å². The molecule has 0 amide bonds. The van der Waals surface area contributed by atoms with E-state index in [1.54, 1.807) is 12.1 Å². The maximum atomic E-state index is 12.5. The zero-order valence-electron chi connectivity index (χ0n) is 13.3. The van der Waals surface area contributed by atoms with Crippen LogP contribution < -0.4 is 5.56 Å². The van der Waals surface area contributed by atoms with Crippen molar-refractivity contribution in [2.24, 2.45) is 0 Å². The van der Waals surface area contributed by atoms with E-state index in [2.05, 4.69) is 10.1 Å². The Morgan fingerprint density at radius 2 is 1.72 bits per heavy atom. The molecule has 0 saturated heterocycles. The summed E-state index contributed by atoms with van der Waals surface area (Å²) in [6.07, 6.45) is 2.43. The summed E-state index contributed by atoms with van der Waals surface area (Å²) < 4.78 is 1.02. The predicted octanol–water partition coefficient (Wildman–Crippen LogP) is 2.55. The van der Waals surface area contributed by atoms with Crippen LogP contribution in [0, 0.1) is 0 Å². The summed E-state index contributed by atoms with van der Waals surface area (Å²) in [7, 11) is 0. The topological polar surface area (TPSA) is 88.0 Å². The molecule has 2 aromatic carbocycles. The van der Waals surface area contributed by atoms with E-state index >= 15 is 0 Å². The molecule has 4 rings (SSSR count). The molecule has 124 valence electrons. The third kappa shape index (κ3) is 2.67. The van der Waals surface area contributed by atoms with Crippen LogP contribution in [0.3, 0.4) is 0 Å². The van der Waals surface area contributed by atoms with Crippen LogP contribution in [0.25, 0.3) is 21.7 Å². The third-order valence-corrected chi connectivity index (χ3v) is 4.26. The Bertz CT molecular complexity index is 1160. The van der Waals surface area contributed by atoms with Crippen LogP contribution in [0.1, 0.15) is 11.3 Å². The lowest BCUT2D eigenvalue weighted by atomic mass is 10.0. The van der Waals surface area contributed by atoms with Crippen molar-refractivity contribution in [1.82, 2.24) is 14.8 Å². The van der Waals surface area contributed by atoms with Gasteiger partial charge in [-0.3, -0.25) is 9.59 Å². The zero-order chi connectivity index (χ0) is 17.4. The quantitative estimate of drug-likeness (QED) is 0.601. The molecule has 2 aromatic heterocycles. The van der Waals surface area contributed by atoms with Gasteiger partial charge in [0.2, 0.25) is 0 Å². The second-order valence-electron chi connectivity index (χ2n) is 5.89. The van der Waals surface area contributed by atoms with Crippen LogP contribution >= 0.6 is 0 Å². The number of hydrogen-bond donors (Lipinski definition) is 2. The van der Waals surface area contributed by atoms with Crippen LogP contribution in [0.2, 0.25) is 0 Å². The number of carboxylic acid groups (broad SMARTS) is 1. The van der Waals surface area contributed by atoms with Crippen molar-refractivity contribution in [1.29, 1.82) is 0 Å². The van der Waals surface area contributed by atoms with Gasteiger partial charge >= 0.3 is 5.97 Å². The number of hydrogen-bond acceptors (Lipinski definition) is 3. The second-order valence-corrected chi connectivity index (χ2v) is 5.89. The molecular weight excluding hydrogens is 318 g/mol. The highest BCUT2D eigenvalue weighted by Gasteiger charge is 2.14. The predicted molar refractivity (Wildman–Crippen MR) is 94.7 cm³/mol. The maximum absolute atomic E-state index is 12.5. The molecule has 0 atom stereocenters. The fourth-order valence-electron chi connectivity index (χ4n) is 3.13. The monoisotopic (exact) mass is 333 g/mol. The number of H-pyrrole nitrogens is 1. The molecule has 2 heterocycles. The number of carbonyl (C=O) groups is 1. The fraction of sp³-hybridized carbons (Fsp3) is 0.105. The molecule has 0 spiro atoms. The normalized spacial score (nSPS) is 11.2. The molecule has 0 bridgehead atoms. The fourth-order valence-corrected chi connectivity index (χ4v) is 3.13. The first kappa shape index (κ1) is 15.1. The summed E-state index contributed by atoms with van der Waals surface area (Å²) >= 11 is 0. The van der Waals surface area contributed by atoms with Crippen LogP contribution in [0.15, 0.2) is 59.5 Å². The van der Waals surface area contributed by atoms with E-state index in [4.69, 9.17) is 5.11 Å². The van der Waals surface area contributed by atoms with E-state index in [0.717, 1.165) is 26.5 Å². The van der Waals surface area contributed by atoms with Crippen LogP contribution in [-0.4, -0.2) is 25.8 Å². The van der Waals surface area contributed by atoms with E-state index in [1.165, 1.54) is 0 Å². The van der Waals surface area contributed by atoms with Gasteiger partial charge in [0.1, 0.15) is 6.54 Å². The summed E-state index contributed by atoms with van der Waals surface area (Å²) in [5, 5.41) is 15.7. The van der Waals surface area contributed by atoms with Crippen molar-refractivity contribution in [3.05, 3.63) is 76.3 Å². The zero-order valence-corrected chi connectivity index (χ0v) is 13.3. The first-order chi connectivity index (χ1) is 12.1. The lowest BCUT2D eigenvalue weighted by Crippen LogP contribution is -2.28. The molecule has 0 aliphatic rings. The first-order valence-corrected chi connectivity index (χ1v) is 7.89. The number of nitrogens with one attached hydrogen (secondary N) is 1. The van der Waals surface area contributed by atoms with E-state index in [1.807, 2.05) is 42.6 Å². The van der Waals surface area contributed by atoms with Crippen molar-refractivity contribution >= 4 is 27.6 Å². The summed E-state index contributed by atoms with van der Waals surface area (Å²) in [6, 6.07) is 15.1. The number of nitrogens with zero attached hydrogens (tertiary/aromatic N) is 2. The van der Waals surface area contributed by atoms with Gasteiger partial charge in [-0.1, -0.05) is 36.4 Å². The maximum Gasteiger partial charge on any atom is 0.325 e. The Morgan fingerprint density at radius 1 is 1.04 bits per heavy atom. The molecule has 0 saturated carbocycles. The molecule has 0 unspecified atom stereocenters. The lowest BCUT2D eigenvalue weighted by Gasteiger charge is -2.09. The third-order valence-electron chi connectivity index (χ3n) is 4.26. The summed E-state index contributed by atoms with van der Waals surface area (Å²) in [6.45, 7) is -0.454. The summed E-state index contributed by atoms with van der Waals surface area (Å²) in [5.74, 6) is -1.09. The Labute approximate surface area is 142 Å². The average molecular weight is 333 g/mol. The van der Waals surface area contributed by atoms with Crippen LogP contribution in [0.5, 0.6) is 0 Å². The number of para-hydroxylation sites is 1. The van der Waals surface area contributed by atoms with Crippen molar-refractivity contribution in [2.75, 3.05) is 0 Å². The van der Waals surface area contributed by atoms with Crippen LogP contribution in [-0.2, 0) is 17.8 Å². The van der Waals surface area contributed by atoms with Crippen LogP contribution in [0.4, 0.5) is 0 Å². The molecule has 0 fully saturated rings. The highest BCUT2D eigenvalue weighted by molar-refractivity contribution is 5.86. The molecule has 0 radical (unpaired) electrons. The number of aliphatic carboxylic acids is 1. The number of aromatic amines is 1. The molecular formula is C19H15N3O3. The summed E-state index contributed by atoms with van der Waals surface area (Å²) in [5.41, 5.74) is 2.37. The average Bonchev–Trinajstić information content (AvgIpc) is 3.02. The highest BCUT2D eigenvalue weighted by atomic mass is 16.4. The van der Waals surface area contributed by atoms with E-state index in [-0.39, 0.29) is 5.56 Å². The summed E-state index contributed by atoms with van der Waals surface area (Å²) in [4.78, 5) is 26.7. The number of rotatable bonds is 4. The number of carboxylic acids is 1. The molecule has 4 aromatic rings. The SMILES string of the molecule is O=C(O)Cn1nc(Cc2c[nH]c3ccccc23)c2ccccc2c1=O. The minimum atomic E-state index is -1.09. The molecule has 2 N–H and O–H groups in total. The van der Waals surface area contributed by atoms with Gasteiger partial charge in [0.15, 0.2) is 0 Å². The Morgan fingerprint density at radius 3 is 2.48 bits per heavy atom. The molecule has 0 aliphatic carbocycles. The van der Waals surface area contributed by atoms with Gasteiger partial charge in [0, 0.05) is 28.9 Å². The molecule has 0 aliphatic heterocycles.